The zero-order valence-electron chi connectivity index (χ0n) is 9.75. The molecule has 0 aliphatic rings. The molecule has 0 bridgehead atoms. The number of sulfonamides is 2. The molecule has 9 heteroatoms. The second kappa shape index (κ2) is 5.22. The number of aryl methyl sites for hydroxylation is 1. The Morgan fingerprint density at radius 1 is 1.17 bits per heavy atom. The molecule has 1 rings (SSSR count). The minimum absolute atomic E-state index is 0.00517. The predicted octanol–water partition coefficient (Wildman–Crippen LogP) is -0.856. The maximum atomic E-state index is 11.8. The van der Waals surface area contributed by atoms with E-state index in [4.69, 9.17) is 10.9 Å². The van der Waals surface area contributed by atoms with Crippen molar-refractivity contribution in [1.82, 2.24) is 4.72 Å². The van der Waals surface area contributed by atoms with Crippen LogP contribution in [-0.4, -0.2) is 29.1 Å². The molecule has 0 radical (unpaired) electrons. The molecular formula is C9H15N3O4S2. The second-order valence-electron chi connectivity index (χ2n) is 3.84. The number of anilines is 1. The highest BCUT2D eigenvalue weighted by Gasteiger charge is 2.15. The van der Waals surface area contributed by atoms with Gasteiger partial charge in [-0.15, -0.1) is 0 Å². The molecule has 0 aliphatic carbocycles. The van der Waals surface area contributed by atoms with Crippen LogP contribution in [0.5, 0.6) is 0 Å². The van der Waals surface area contributed by atoms with Gasteiger partial charge < -0.3 is 5.73 Å². The fraction of sp³-hybridized carbons (Fsp3) is 0.333. The van der Waals surface area contributed by atoms with Gasteiger partial charge in [-0.05, 0) is 30.7 Å². The molecular weight excluding hydrogens is 278 g/mol. The number of primary sulfonamides is 1. The molecule has 0 unspecified atom stereocenters. The van der Waals surface area contributed by atoms with Gasteiger partial charge in [0.1, 0.15) is 0 Å². The van der Waals surface area contributed by atoms with E-state index in [-0.39, 0.29) is 11.4 Å². The fourth-order valence-electron chi connectivity index (χ4n) is 1.33. The van der Waals surface area contributed by atoms with E-state index in [0.29, 0.717) is 11.3 Å². The summed E-state index contributed by atoms with van der Waals surface area (Å²) >= 11 is 0. The molecule has 0 saturated carbocycles. The summed E-state index contributed by atoms with van der Waals surface area (Å²) in [5.41, 5.74) is 6.56. The van der Waals surface area contributed by atoms with Crippen LogP contribution in [0.1, 0.15) is 5.56 Å². The van der Waals surface area contributed by atoms with Crippen molar-refractivity contribution in [3.8, 4) is 0 Å². The first-order valence-electron chi connectivity index (χ1n) is 4.97. The van der Waals surface area contributed by atoms with Crippen molar-refractivity contribution >= 4 is 25.7 Å². The first-order valence-corrected chi connectivity index (χ1v) is 8.17. The molecule has 1 aromatic rings. The Balaban J connectivity index is 2.87. The Labute approximate surface area is 106 Å². The molecule has 0 aromatic heterocycles. The first kappa shape index (κ1) is 14.9. The Hall–Kier alpha value is -1.16. The minimum Gasteiger partial charge on any atom is -0.399 e. The van der Waals surface area contributed by atoms with E-state index in [1.54, 1.807) is 13.0 Å². The van der Waals surface area contributed by atoms with Crippen LogP contribution in [0.3, 0.4) is 0 Å². The Morgan fingerprint density at radius 3 is 2.28 bits per heavy atom. The largest absolute Gasteiger partial charge is 0.399 e. The Bertz CT molecular complexity index is 618. The van der Waals surface area contributed by atoms with Crippen LogP contribution >= 0.6 is 0 Å². The summed E-state index contributed by atoms with van der Waals surface area (Å²) in [7, 11) is -7.47. The monoisotopic (exact) mass is 293 g/mol. The number of rotatable bonds is 5. The third kappa shape index (κ3) is 4.61. The maximum Gasteiger partial charge on any atom is 0.240 e. The molecule has 0 heterocycles. The highest BCUT2D eigenvalue weighted by molar-refractivity contribution is 7.90. The van der Waals surface area contributed by atoms with E-state index in [0.717, 1.165) is 0 Å². The second-order valence-corrected chi connectivity index (χ2v) is 7.35. The molecule has 0 spiro atoms. The van der Waals surface area contributed by atoms with Gasteiger partial charge in [-0.25, -0.2) is 26.7 Å². The molecule has 7 nitrogen and oxygen atoms in total. The van der Waals surface area contributed by atoms with Crippen molar-refractivity contribution in [3.63, 3.8) is 0 Å². The van der Waals surface area contributed by atoms with E-state index in [1.165, 1.54) is 12.1 Å². The van der Waals surface area contributed by atoms with Gasteiger partial charge in [0.05, 0.1) is 10.6 Å². The Morgan fingerprint density at radius 2 is 1.78 bits per heavy atom. The standard InChI is InChI=1S/C9H15N3O4S2/c1-7-4-8(10)6-9(5-7)18(15,16)12-2-3-17(11,13)14/h4-6,12H,2-3,10H2,1H3,(H2,11,13,14). The summed E-state index contributed by atoms with van der Waals surface area (Å²) in [6.07, 6.45) is 0. The van der Waals surface area contributed by atoms with Gasteiger partial charge in [0, 0.05) is 12.2 Å². The van der Waals surface area contributed by atoms with Crippen molar-refractivity contribution in [2.45, 2.75) is 11.8 Å². The topological polar surface area (TPSA) is 132 Å². The van der Waals surface area contributed by atoms with Crippen LogP contribution in [0.25, 0.3) is 0 Å². The zero-order chi connectivity index (χ0) is 14.0. The lowest BCUT2D eigenvalue weighted by atomic mass is 10.2. The molecule has 0 saturated heterocycles. The SMILES string of the molecule is Cc1cc(N)cc(S(=O)(=O)NCCS(N)(=O)=O)c1. The van der Waals surface area contributed by atoms with Crippen LogP contribution in [0.2, 0.25) is 0 Å². The summed E-state index contributed by atoms with van der Waals surface area (Å²) in [5, 5.41) is 4.77. The van der Waals surface area contributed by atoms with Crippen LogP contribution in [0.4, 0.5) is 5.69 Å². The highest BCUT2D eigenvalue weighted by atomic mass is 32.2. The average Bonchev–Trinajstić information content (AvgIpc) is 2.13. The van der Waals surface area contributed by atoms with Gasteiger partial charge in [-0.2, -0.15) is 0 Å². The van der Waals surface area contributed by atoms with Crippen LogP contribution in [0, 0.1) is 6.92 Å². The minimum atomic E-state index is -3.78. The summed E-state index contributed by atoms with van der Waals surface area (Å²) < 4.78 is 47.2. The molecule has 0 amide bonds. The van der Waals surface area contributed by atoms with E-state index < -0.39 is 25.8 Å². The molecule has 0 atom stereocenters. The third-order valence-electron chi connectivity index (χ3n) is 2.06. The number of hydrogen-bond donors (Lipinski definition) is 3. The Kier molecular flexibility index (Phi) is 4.32. The summed E-state index contributed by atoms with van der Waals surface area (Å²) in [6, 6.07) is 4.37. The summed E-state index contributed by atoms with van der Waals surface area (Å²) in [5.74, 6) is -0.465. The van der Waals surface area contributed by atoms with Gasteiger partial charge in [-0.1, -0.05) is 0 Å². The van der Waals surface area contributed by atoms with Gasteiger partial charge in [-0.3, -0.25) is 0 Å². The molecule has 18 heavy (non-hydrogen) atoms. The smallest absolute Gasteiger partial charge is 0.240 e. The van der Waals surface area contributed by atoms with E-state index >= 15 is 0 Å². The lowest BCUT2D eigenvalue weighted by Crippen LogP contribution is -2.31. The van der Waals surface area contributed by atoms with Crippen molar-refractivity contribution in [2.24, 2.45) is 5.14 Å². The number of nitrogen functional groups attached to an aromatic ring is 1. The van der Waals surface area contributed by atoms with Crippen LogP contribution in [0.15, 0.2) is 23.1 Å². The van der Waals surface area contributed by atoms with Crippen molar-refractivity contribution in [1.29, 1.82) is 0 Å². The van der Waals surface area contributed by atoms with E-state index in [9.17, 15) is 16.8 Å². The van der Waals surface area contributed by atoms with Gasteiger partial charge in [0.25, 0.3) is 0 Å². The molecule has 5 N–H and O–H groups in total. The van der Waals surface area contributed by atoms with Crippen molar-refractivity contribution in [3.05, 3.63) is 23.8 Å². The summed E-state index contributed by atoms with van der Waals surface area (Å²) in [4.78, 5) is -0.00517. The first-order chi connectivity index (χ1) is 8.10. The molecule has 0 aliphatic heterocycles. The maximum absolute atomic E-state index is 11.8. The van der Waals surface area contributed by atoms with E-state index in [2.05, 4.69) is 4.72 Å². The zero-order valence-corrected chi connectivity index (χ0v) is 11.4. The van der Waals surface area contributed by atoms with Gasteiger partial charge >= 0.3 is 0 Å². The van der Waals surface area contributed by atoms with E-state index in [1.807, 2.05) is 0 Å². The molecule has 102 valence electrons. The van der Waals surface area contributed by atoms with Crippen molar-refractivity contribution < 1.29 is 16.8 Å². The fourth-order valence-corrected chi connectivity index (χ4v) is 3.02. The van der Waals surface area contributed by atoms with Crippen molar-refractivity contribution in [2.75, 3.05) is 18.0 Å². The summed E-state index contributed by atoms with van der Waals surface area (Å²) in [6.45, 7) is 1.43. The quantitative estimate of drug-likeness (QED) is 0.608. The predicted molar refractivity (Wildman–Crippen MR) is 68.8 cm³/mol. The molecule has 1 aromatic carbocycles. The van der Waals surface area contributed by atoms with Gasteiger partial charge in [0.2, 0.25) is 20.0 Å². The lowest BCUT2D eigenvalue weighted by Gasteiger charge is -2.07. The lowest BCUT2D eigenvalue weighted by molar-refractivity contribution is 0.581. The number of benzene rings is 1. The van der Waals surface area contributed by atoms with Gasteiger partial charge in [0.15, 0.2) is 0 Å². The van der Waals surface area contributed by atoms with Crippen LogP contribution < -0.4 is 15.6 Å². The normalized spacial score (nSPS) is 12.6. The number of nitrogens with one attached hydrogen (secondary N) is 1. The number of hydrogen-bond acceptors (Lipinski definition) is 5. The van der Waals surface area contributed by atoms with Crippen LogP contribution in [-0.2, 0) is 20.0 Å². The third-order valence-corrected chi connectivity index (χ3v) is 4.28. The highest BCUT2D eigenvalue weighted by Crippen LogP contribution is 2.15. The number of nitrogens with two attached hydrogens (primary N) is 2. The average molecular weight is 293 g/mol. The molecule has 0 fully saturated rings.